The Morgan fingerprint density at radius 3 is 2.37 bits per heavy atom. The third-order valence-corrected chi connectivity index (χ3v) is 5.30. The van der Waals surface area contributed by atoms with Crippen molar-refractivity contribution < 1.29 is 17.9 Å². The number of para-hydroxylation sites is 1. The molecule has 2 N–H and O–H groups in total. The fraction of sp³-hybridized carbons (Fsp3) is 0.350. The number of nitrogens with one attached hydrogen (secondary N) is 2. The van der Waals surface area contributed by atoms with Crippen LogP contribution in [0.2, 0.25) is 0 Å². The van der Waals surface area contributed by atoms with Crippen LogP contribution in [0.25, 0.3) is 0 Å². The van der Waals surface area contributed by atoms with Gasteiger partial charge in [0.2, 0.25) is 10.0 Å². The molecule has 0 aliphatic rings. The van der Waals surface area contributed by atoms with Crippen molar-refractivity contribution in [2.24, 2.45) is 5.92 Å². The van der Waals surface area contributed by atoms with Crippen molar-refractivity contribution in [3.8, 4) is 5.75 Å². The number of amides is 1. The van der Waals surface area contributed by atoms with E-state index in [4.69, 9.17) is 4.74 Å². The summed E-state index contributed by atoms with van der Waals surface area (Å²) < 4.78 is 32.3. The first-order valence-electron chi connectivity index (χ1n) is 8.92. The van der Waals surface area contributed by atoms with Crippen LogP contribution in [0.4, 0.5) is 5.69 Å². The third kappa shape index (κ3) is 6.37. The van der Waals surface area contributed by atoms with Crippen molar-refractivity contribution in [2.75, 3.05) is 18.5 Å². The lowest BCUT2D eigenvalue weighted by molar-refractivity contribution is -0.118. The van der Waals surface area contributed by atoms with Crippen molar-refractivity contribution in [1.82, 2.24) is 4.72 Å². The molecule has 0 spiro atoms. The Balaban J connectivity index is 1.92. The molecule has 0 fully saturated rings. The van der Waals surface area contributed by atoms with E-state index >= 15 is 0 Å². The molecule has 1 amide bonds. The average Bonchev–Trinajstić information content (AvgIpc) is 2.65. The van der Waals surface area contributed by atoms with Crippen LogP contribution in [0.5, 0.6) is 5.75 Å². The first-order chi connectivity index (χ1) is 12.8. The van der Waals surface area contributed by atoms with Gasteiger partial charge < -0.3 is 10.1 Å². The normalized spacial score (nSPS) is 11.4. The number of rotatable bonds is 9. The van der Waals surface area contributed by atoms with E-state index in [1.54, 1.807) is 0 Å². The Bertz CT molecular complexity index is 862. The number of sulfonamides is 1. The fourth-order valence-electron chi connectivity index (χ4n) is 2.36. The van der Waals surface area contributed by atoms with Gasteiger partial charge in [-0.1, -0.05) is 39.0 Å². The lowest BCUT2D eigenvalue weighted by Gasteiger charge is -2.11. The molecule has 2 aromatic carbocycles. The SMILES string of the molecule is CCc1ccccc1NC(=O)COc1ccc(S(=O)(=O)NCC(C)C)cc1. The van der Waals surface area contributed by atoms with Gasteiger partial charge in [0.1, 0.15) is 5.75 Å². The third-order valence-electron chi connectivity index (χ3n) is 3.86. The molecule has 0 atom stereocenters. The van der Waals surface area contributed by atoms with Crippen LogP contribution in [0.15, 0.2) is 53.4 Å². The molecule has 2 aromatic rings. The Kier molecular flexibility index (Phi) is 7.38. The topological polar surface area (TPSA) is 84.5 Å². The molecule has 0 aromatic heterocycles. The zero-order chi connectivity index (χ0) is 19.9. The van der Waals surface area contributed by atoms with E-state index < -0.39 is 10.0 Å². The van der Waals surface area contributed by atoms with Gasteiger partial charge in [0.15, 0.2) is 6.61 Å². The largest absolute Gasteiger partial charge is 0.484 e. The van der Waals surface area contributed by atoms with Gasteiger partial charge >= 0.3 is 0 Å². The van der Waals surface area contributed by atoms with Gasteiger partial charge in [-0.05, 0) is 48.2 Å². The number of ether oxygens (including phenoxy) is 1. The van der Waals surface area contributed by atoms with Crippen LogP contribution in [0.1, 0.15) is 26.3 Å². The zero-order valence-electron chi connectivity index (χ0n) is 15.9. The molecule has 0 aliphatic carbocycles. The van der Waals surface area contributed by atoms with Crippen molar-refractivity contribution in [1.29, 1.82) is 0 Å². The first kappa shape index (κ1) is 20.9. The molecule has 7 heteroatoms. The molecule has 146 valence electrons. The van der Waals surface area contributed by atoms with Crippen LogP contribution in [-0.4, -0.2) is 27.5 Å². The molecular weight excluding hydrogens is 364 g/mol. The maximum atomic E-state index is 12.2. The Morgan fingerprint density at radius 1 is 1.07 bits per heavy atom. The maximum Gasteiger partial charge on any atom is 0.262 e. The minimum Gasteiger partial charge on any atom is -0.484 e. The summed E-state index contributed by atoms with van der Waals surface area (Å²) in [6, 6.07) is 13.6. The van der Waals surface area contributed by atoms with Crippen LogP contribution < -0.4 is 14.8 Å². The van der Waals surface area contributed by atoms with Crippen LogP contribution in [0.3, 0.4) is 0 Å². The summed E-state index contributed by atoms with van der Waals surface area (Å²) >= 11 is 0. The average molecular weight is 391 g/mol. The molecule has 0 saturated carbocycles. The number of carbonyl (C=O) groups is 1. The second-order valence-electron chi connectivity index (χ2n) is 6.56. The summed E-state index contributed by atoms with van der Waals surface area (Å²) in [5, 5.41) is 2.82. The number of hydrogen-bond donors (Lipinski definition) is 2. The summed E-state index contributed by atoms with van der Waals surface area (Å²) in [6.45, 7) is 6.11. The van der Waals surface area contributed by atoms with Crippen molar-refractivity contribution in [3.63, 3.8) is 0 Å². The number of carbonyl (C=O) groups excluding carboxylic acids is 1. The number of benzene rings is 2. The molecule has 6 nitrogen and oxygen atoms in total. The van der Waals surface area contributed by atoms with Gasteiger partial charge in [0.05, 0.1) is 4.90 Å². The standard InChI is InChI=1S/C20H26N2O4S/c1-4-16-7-5-6-8-19(16)22-20(23)14-26-17-9-11-18(12-10-17)27(24,25)21-13-15(2)3/h5-12,15,21H,4,13-14H2,1-3H3,(H,22,23). The van der Waals surface area contributed by atoms with E-state index in [1.807, 2.05) is 45.0 Å². The monoisotopic (exact) mass is 390 g/mol. The van der Waals surface area contributed by atoms with Gasteiger partial charge in [-0.15, -0.1) is 0 Å². The summed E-state index contributed by atoms with van der Waals surface area (Å²) in [6.07, 6.45) is 0.818. The lowest BCUT2D eigenvalue weighted by atomic mass is 10.1. The molecule has 27 heavy (non-hydrogen) atoms. The van der Waals surface area contributed by atoms with Gasteiger partial charge in [-0.3, -0.25) is 4.79 Å². The van der Waals surface area contributed by atoms with E-state index in [2.05, 4.69) is 10.0 Å². The Hall–Kier alpha value is -2.38. The summed E-state index contributed by atoms with van der Waals surface area (Å²) in [5.41, 5.74) is 1.82. The van der Waals surface area contributed by atoms with E-state index in [0.717, 1.165) is 17.7 Å². The molecular formula is C20H26N2O4S. The minimum absolute atomic E-state index is 0.157. The van der Waals surface area contributed by atoms with Crippen molar-refractivity contribution >= 4 is 21.6 Å². The maximum absolute atomic E-state index is 12.2. The molecule has 0 aliphatic heterocycles. The number of aryl methyl sites for hydroxylation is 1. The highest BCUT2D eigenvalue weighted by atomic mass is 32.2. The van der Waals surface area contributed by atoms with Crippen LogP contribution >= 0.6 is 0 Å². The van der Waals surface area contributed by atoms with Crippen LogP contribution in [0, 0.1) is 5.92 Å². The van der Waals surface area contributed by atoms with Gasteiger partial charge in [0.25, 0.3) is 5.91 Å². The lowest BCUT2D eigenvalue weighted by Crippen LogP contribution is -2.27. The second kappa shape index (κ2) is 9.53. The highest BCUT2D eigenvalue weighted by Gasteiger charge is 2.14. The van der Waals surface area contributed by atoms with Crippen molar-refractivity contribution in [2.45, 2.75) is 32.1 Å². The molecule has 2 rings (SSSR count). The van der Waals surface area contributed by atoms with Crippen molar-refractivity contribution in [3.05, 3.63) is 54.1 Å². The summed E-state index contributed by atoms with van der Waals surface area (Å²) in [5.74, 6) is 0.377. The van der Waals surface area contributed by atoms with Gasteiger partial charge in [-0.2, -0.15) is 0 Å². The van der Waals surface area contributed by atoms with E-state index in [1.165, 1.54) is 24.3 Å². The predicted molar refractivity (Wildman–Crippen MR) is 106 cm³/mol. The van der Waals surface area contributed by atoms with Gasteiger partial charge in [0, 0.05) is 12.2 Å². The van der Waals surface area contributed by atoms with Gasteiger partial charge in [-0.25, -0.2) is 13.1 Å². The zero-order valence-corrected chi connectivity index (χ0v) is 16.7. The number of hydrogen-bond acceptors (Lipinski definition) is 4. The highest BCUT2D eigenvalue weighted by Crippen LogP contribution is 2.17. The Labute approximate surface area is 161 Å². The minimum atomic E-state index is -3.54. The second-order valence-corrected chi connectivity index (χ2v) is 8.33. The number of anilines is 1. The Morgan fingerprint density at radius 2 is 1.74 bits per heavy atom. The highest BCUT2D eigenvalue weighted by molar-refractivity contribution is 7.89. The quantitative estimate of drug-likeness (QED) is 0.689. The molecule has 0 bridgehead atoms. The predicted octanol–water partition coefficient (Wildman–Crippen LogP) is 3.20. The fourth-order valence-corrected chi connectivity index (χ4v) is 3.57. The molecule has 0 heterocycles. The smallest absolute Gasteiger partial charge is 0.262 e. The van der Waals surface area contributed by atoms with E-state index in [0.29, 0.717) is 12.3 Å². The molecule has 0 saturated heterocycles. The first-order valence-corrected chi connectivity index (χ1v) is 10.4. The molecule has 0 unspecified atom stereocenters. The molecule has 0 radical (unpaired) electrons. The summed E-state index contributed by atoms with van der Waals surface area (Å²) in [7, 11) is -3.54. The van der Waals surface area contributed by atoms with Crippen LogP contribution in [-0.2, 0) is 21.2 Å². The van der Waals surface area contributed by atoms with E-state index in [9.17, 15) is 13.2 Å². The summed E-state index contributed by atoms with van der Waals surface area (Å²) in [4.78, 5) is 12.3. The van der Waals surface area contributed by atoms with E-state index in [-0.39, 0.29) is 23.3 Å².